The predicted octanol–water partition coefficient (Wildman–Crippen LogP) is 4.30. The first kappa shape index (κ1) is 17.7. The van der Waals surface area contributed by atoms with Crippen molar-refractivity contribution >= 4 is 29.2 Å². The zero-order valence-corrected chi connectivity index (χ0v) is 15.1. The molecule has 1 aliphatic heterocycles. The van der Waals surface area contributed by atoms with Crippen LogP contribution < -0.4 is 0 Å². The number of Topliss-reactive ketones (excluding diaryl/α,β-unsaturated/α-hetero) is 1. The van der Waals surface area contributed by atoms with E-state index in [9.17, 15) is 4.79 Å². The van der Waals surface area contributed by atoms with Gasteiger partial charge in [0.15, 0.2) is 5.60 Å². The maximum atomic E-state index is 13.0. The molecule has 0 amide bonds. The van der Waals surface area contributed by atoms with Crippen LogP contribution in [0.2, 0.25) is 0 Å². The Morgan fingerprint density at radius 1 is 1.20 bits per heavy atom. The summed E-state index contributed by atoms with van der Waals surface area (Å²) in [5.74, 6) is 0.575. The first-order valence-electron chi connectivity index (χ1n) is 7.95. The summed E-state index contributed by atoms with van der Waals surface area (Å²) in [5, 5.41) is 0. The van der Waals surface area contributed by atoms with E-state index >= 15 is 0 Å². The van der Waals surface area contributed by atoms with Gasteiger partial charge in [-0.05, 0) is 31.5 Å². The molecule has 2 heterocycles. The monoisotopic (exact) mass is 357 g/mol. The van der Waals surface area contributed by atoms with Crippen molar-refractivity contribution in [3.05, 3.63) is 59.9 Å². The predicted molar refractivity (Wildman–Crippen MR) is 96.2 cm³/mol. The maximum absolute atomic E-state index is 13.0. The number of hydrogen-bond donors (Lipinski definition) is 0. The van der Waals surface area contributed by atoms with Gasteiger partial charge in [0.1, 0.15) is 5.76 Å². The van der Waals surface area contributed by atoms with E-state index in [-0.39, 0.29) is 5.78 Å². The summed E-state index contributed by atoms with van der Waals surface area (Å²) in [6.07, 6.45) is 3.97. The van der Waals surface area contributed by atoms with Crippen LogP contribution in [0.5, 0.6) is 0 Å². The Hall–Kier alpha value is -2.15. The Bertz CT molecular complexity index is 789. The van der Waals surface area contributed by atoms with Gasteiger partial charge in [-0.25, -0.2) is 4.89 Å². The molecule has 5 nitrogen and oxygen atoms in total. The quantitative estimate of drug-likeness (QED) is 0.436. The second kappa shape index (κ2) is 7.39. The molecule has 2 aromatic rings. The molecule has 1 atom stereocenters. The second-order valence-corrected chi connectivity index (χ2v) is 6.58. The Morgan fingerprint density at radius 2 is 1.96 bits per heavy atom. The number of benzene rings is 1. The van der Waals surface area contributed by atoms with Gasteiger partial charge in [0.25, 0.3) is 0 Å². The third-order valence-electron chi connectivity index (χ3n) is 4.20. The molecule has 1 unspecified atom stereocenters. The van der Waals surface area contributed by atoms with Crippen molar-refractivity contribution < 1.29 is 18.8 Å². The number of ether oxygens (including phenoxy) is 1. The van der Waals surface area contributed by atoms with Gasteiger partial charge in [0.05, 0.1) is 24.7 Å². The molecule has 0 radical (unpaired) electrons. The fourth-order valence-electron chi connectivity index (χ4n) is 2.63. The molecule has 1 aliphatic rings. The molecule has 1 aromatic heterocycles. The molecule has 0 spiro atoms. The summed E-state index contributed by atoms with van der Waals surface area (Å²) >= 11 is 1.12. The minimum atomic E-state index is -0.854. The number of aromatic nitrogens is 1. The summed E-state index contributed by atoms with van der Waals surface area (Å²) in [6.45, 7) is 3.78. The zero-order valence-electron chi connectivity index (χ0n) is 14.3. The molecule has 0 fully saturated rings. The number of nitrogens with zero attached hydrogens (tertiary/aromatic N) is 1. The van der Waals surface area contributed by atoms with Crippen molar-refractivity contribution in [2.45, 2.75) is 30.8 Å². The Balaban J connectivity index is 2.03. The molecule has 0 bridgehead atoms. The third-order valence-corrected chi connectivity index (χ3v) is 4.87. The van der Waals surface area contributed by atoms with Crippen LogP contribution in [-0.4, -0.2) is 23.5 Å². The Kier molecular flexibility index (Phi) is 5.22. The van der Waals surface area contributed by atoms with Gasteiger partial charge in [-0.15, -0.1) is 0 Å². The standard InChI is InChI=1S/C19H19NO4S/c1-4-19(2)18(21)16(14-6-5-11-20-12-14)17(23-19)13-7-9-15(10-8-13)25-24-22-3/h5-12H,4H2,1-3H3. The van der Waals surface area contributed by atoms with Crippen LogP contribution in [0.15, 0.2) is 53.7 Å². The average molecular weight is 357 g/mol. The first-order chi connectivity index (χ1) is 12.1. The lowest BCUT2D eigenvalue weighted by Crippen LogP contribution is -2.32. The fourth-order valence-corrected chi connectivity index (χ4v) is 3.03. The normalized spacial score (nSPS) is 20.0. The summed E-state index contributed by atoms with van der Waals surface area (Å²) < 4.78 is 11.0. The van der Waals surface area contributed by atoms with Crippen LogP contribution in [0.4, 0.5) is 0 Å². The molecule has 0 saturated carbocycles. The topological polar surface area (TPSA) is 57.6 Å². The van der Waals surface area contributed by atoms with E-state index in [0.717, 1.165) is 28.1 Å². The number of hydrogen-bond acceptors (Lipinski definition) is 6. The molecule has 0 saturated heterocycles. The van der Waals surface area contributed by atoms with Crippen LogP contribution >= 0.6 is 12.0 Å². The van der Waals surface area contributed by atoms with Crippen LogP contribution in [0.3, 0.4) is 0 Å². The van der Waals surface area contributed by atoms with E-state index in [2.05, 4.69) is 9.87 Å². The number of pyridine rings is 1. The van der Waals surface area contributed by atoms with Crippen molar-refractivity contribution in [2.75, 3.05) is 7.11 Å². The number of rotatable bonds is 6. The lowest BCUT2D eigenvalue weighted by molar-refractivity contribution is -0.160. The minimum absolute atomic E-state index is 0.0147. The highest BCUT2D eigenvalue weighted by molar-refractivity contribution is 7.94. The molecule has 1 aromatic carbocycles. The lowest BCUT2D eigenvalue weighted by atomic mass is 9.90. The Labute approximate surface area is 151 Å². The maximum Gasteiger partial charge on any atom is 0.210 e. The minimum Gasteiger partial charge on any atom is -0.478 e. The zero-order chi connectivity index (χ0) is 17.9. The third kappa shape index (κ3) is 3.46. The number of carbonyl (C=O) groups excluding carboxylic acids is 1. The van der Waals surface area contributed by atoms with Gasteiger partial charge >= 0.3 is 0 Å². The lowest BCUT2D eigenvalue weighted by Gasteiger charge is -2.21. The second-order valence-electron chi connectivity index (χ2n) is 5.80. The van der Waals surface area contributed by atoms with E-state index in [1.807, 2.05) is 50.2 Å². The first-order valence-corrected chi connectivity index (χ1v) is 8.69. The SMILES string of the molecule is CCC1(C)OC(c2ccc(SOOC)cc2)=C(c2cccnc2)C1=O. The van der Waals surface area contributed by atoms with Crippen molar-refractivity contribution in [3.8, 4) is 0 Å². The molecular weight excluding hydrogens is 338 g/mol. The highest BCUT2D eigenvalue weighted by Crippen LogP contribution is 2.42. The molecule has 6 heteroatoms. The van der Waals surface area contributed by atoms with Crippen LogP contribution in [-0.2, 0) is 18.8 Å². The highest BCUT2D eigenvalue weighted by Gasteiger charge is 2.45. The molecule has 130 valence electrons. The molecular formula is C19H19NO4S. The van der Waals surface area contributed by atoms with Crippen LogP contribution in [0.1, 0.15) is 31.4 Å². The van der Waals surface area contributed by atoms with Crippen molar-refractivity contribution in [1.82, 2.24) is 4.98 Å². The van der Waals surface area contributed by atoms with Crippen LogP contribution in [0.25, 0.3) is 11.3 Å². The number of ketones is 1. The summed E-state index contributed by atoms with van der Waals surface area (Å²) in [6, 6.07) is 11.3. The fraction of sp³-hybridized carbons (Fsp3) is 0.263. The summed E-state index contributed by atoms with van der Waals surface area (Å²) in [7, 11) is 1.45. The Morgan fingerprint density at radius 3 is 2.56 bits per heavy atom. The van der Waals surface area contributed by atoms with Gasteiger partial charge < -0.3 is 4.74 Å². The van der Waals surface area contributed by atoms with Crippen molar-refractivity contribution in [3.63, 3.8) is 0 Å². The van der Waals surface area contributed by atoms with Crippen molar-refractivity contribution in [2.24, 2.45) is 0 Å². The summed E-state index contributed by atoms with van der Waals surface area (Å²) in [4.78, 5) is 22.6. The largest absolute Gasteiger partial charge is 0.478 e. The molecule has 0 aliphatic carbocycles. The highest BCUT2D eigenvalue weighted by atomic mass is 32.2. The average Bonchev–Trinajstić information content (AvgIpc) is 2.93. The molecule has 25 heavy (non-hydrogen) atoms. The van der Waals surface area contributed by atoms with E-state index < -0.39 is 5.60 Å². The van der Waals surface area contributed by atoms with Gasteiger partial charge in [-0.1, -0.05) is 25.1 Å². The van der Waals surface area contributed by atoms with E-state index in [0.29, 0.717) is 17.8 Å². The smallest absolute Gasteiger partial charge is 0.210 e. The van der Waals surface area contributed by atoms with E-state index in [4.69, 9.17) is 9.07 Å². The van der Waals surface area contributed by atoms with Gasteiger partial charge in [0.2, 0.25) is 5.78 Å². The van der Waals surface area contributed by atoms with Gasteiger partial charge in [0, 0.05) is 28.4 Å². The number of carbonyl (C=O) groups is 1. The van der Waals surface area contributed by atoms with Gasteiger partial charge in [-0.3, -0.25) is 9.78 Å². The van der Waals surface area contributed by atoms with E-state index in [1.54, 1.807) is 12.4 Å². The van der Waals surface area contributed by atoms with Crippen molar-refractivity contribution in [1.29, 1.82) is 0 Å². The van der Waals surface area contributed by atoms with E-state index in [1.165, 1.54) is 7.11 Å². The van der Waals surface area contributed by atoms with Crippen LogP contribution in [0, 0.1) is 0 Å². The summed E-state index contributed by atoms with van der Waals surface area (Å²) in [5.41, 5.74) is 1.32. The van der Waals surface area contributed by atoms with Gasteiger partial charge in [-0.2, -0.15) is 4.33 Å². The molecule has 0 N–H and O–H groups in total. The molecule has 3 rings (SSSR count).